The SMILES string of the molecule is [CH2]CCCC=C=CCCCCCCCCCCCCC. The molecule has 0 spiro atoms. The van der Waals surface area contributed by atoms with E-state index in [9.17, 15) is 0 Å². The van der Waals surface area contributed by atoms with E-state index in [-0.39, 0.29) is 0 Å². The first-order chi connectivity index (χ1) is 9.91. The van der Waals surface area contributed by atoms with Crippen LogP contribution in [-0.2, 0) is 0 Å². The van der Waals surface area contributed by atoms with Gasteiger partial charge in [0.05, 0.1) is 0 Å². The van der Waals surface area contributed by atoms with E-state index in [4.69, 9.17) is 0 Å². The van der Waals surface area contributed by atoms with Crippen LogP contribution in [0.25, 0.3) is 0 Å². The average Bonchev–Trinajstić information content (AvgIpc) is 2.47. The van der Waals surface area contributed by atoms with Crippen LogP contribution in [0.3, 0.4) is 0 Å². The molecule has 0 rings (SSSR count). The van der Waals surface area contributed by atoms with E-state index in [2.05, 4.69) is 31.7 Å². The van der Waals surface area contributed by atoms with Crippen molar-refractivity contribution in [1.29, 1.82) is 0 Å². The van der Waals surface area contributed by atoms with Gasteiger partial charge in [0.1, 0.15) is 0 Å². The standard InChI is InChI=1S/C20H37/c1-3-5-7-9-11-13-15-17-19-20-18-16-14-12-10-8-6-4-2/h9,13H,1,3-8,10,12,14-20H2,2H3. The smallest absolute Gasteiger partial charge is 0.0274 e. The lowest BCUT2D eigenvalue weighted by Gasteiger charge is -2.01. The Balaban J connectivity index is 3.07. The van der Waals surface area contributed by atoms with Gasteiger partial charge in [-0.15, -0.1) is 5.73 Å². The van der Waals surface area contributed by atoms with Gasteiger partial charge in [-0.2, -0.15) is 0 Å². The summed E-state index contributed by atoms with van der Waals surface area (Å²) >= 11 is 0. The molecule has 0 atom stereocenters. The minimum Gasteiger partial charge on any atom is -0.130 e. The monoisotopic (exact) mass is 277 g/mol. The lowest BCUT2D eigenvalue weighted by Crippen LogP contribution is -1.81. The van der Waals surface area contributed by atoms with E-state index in [1.54, 1.807) is 0 Å². The second-order valence-electron chi connectivity index (χ2n) is 5.89. The van der Waals surface area contributed by atoms with E-state index in [0.717, 1.165) is 12.8 Å². The molecule has 0 fully saturated rings. The topological polar surface area (TPSA) is 0 Å². The Hall–Kier alpha value is -0.480. The van der Waals surface area contributed by atoms with Crippen molar-refractivity contribution in [1.82, 2.24) is 0 Å². The molecule has 20 heavy (non-hydrogen) atoms. The molecule has 0 aromatic rings. The summed E-state index contributed by atoms with van der Waals surface area (Å²) in [6, 6.07) is 0. The molecule has 117 valence electrons. The van der Waals surface area contributed by atoms with Crippen molar-refractivity contribution in [3.63, 3.8) is 0 Å². The lowest BCUT2D eigenvalue weighted by molar-refractivity contribution is 0.550. The van der Waals surface area contributed by atoms with Crippen LogP contribution in [0.2, 0.25) is 0 Å². The van der Waals surface area contributed by atoms with Crippen LogP contribution in [0.5, 0.6) is 0 Å². The van der Waals surface area contributed by atoms with Crippen molar-refractivity contribution in [3.8, 4) is 0 Å². The Morgan fingerprint density at radius 1 is 0.650 bits per heavy atom. The summed E-state index contributed by atoms with van der Waals surface area (Å²) < 4.78 is 0. The summed E-state index contributed by atoms with van der Waals surface area (Å²) in [6.07, 6.45) is 24.6. The number of hydrogen-bond donors (Lipinski definition) is 0. The molecule has 0 N–H and O–H groups in total. The molecule has 0 saturated carbocycles. The van der Waals surface area contributed by atoms with Gasteiger partial charge in [-0.25, -0.2) is 0 Å². The number of rotatable bonds is 15. The molecule has 0 aliphatic heterocycles. The van der Waals surface area contributed by atoms with Gasteiger partial charge in [-0.05, 0) is 37.8 Å². The van der Waals surface area contributed by atoms with Crippen molar-refractivity contribution >= 4 is 0 Å². The summed E-state index contributed by atoms with van der Waals surface area (Å²) in [7, 11) is 0. The first kappa shape index (κ1) is 19.5. The third-order valence-electron chi connectivity index (χ3n) is 3.79. The highest BCUT2D eigenvalue weighted by atomic mass is 14.0. The first-order valence-electron chi connectivity index (χ1n) is 9.10. The molecule has 0 heteroatoms. The summed E-state index contributed by atoms with van der Waals surface area (Å²) in [4.78, 5) is 0. The second-order valence-corrected chi connectivity index (χ2v) is 5.89. The molecule has 0 aromatic carbocycles. The largest absolute Gasteiger partial charge is 0.130 e. The molecular weight excluding hydrogens is 240 g/mol. The van der Waals surface area contributed by atoms with Gasteiger partial charge >= 0.3 is 0 Å². The zero-order valence-corrected chi connectivity index (χ0v) is 14.0. The summed E-state index contributed by atoms with van der Waals surface area (Å²) in [6.45, 7) is 6.12. The van der Waals surface area contributed by atoms with Crippen LogP contribution < -0.4 is 0 Å². The first-order valence-corrected chi connectivity index (χ1v) is 9.10. The Kier molecular flexibility index (Phi) is 18.1. The molecule has 0 bridgehead atoms. The highest BCUT2D eigenvalue weighted by Gasteiger charge is 1.92. The summed E-state index contributed by atoms with van der Waals surface area (Å²) in [5, 5.41) is 0. The maximum Gasteiger partial charge on any atom is -0.0274 e. The Bertz CT molecular complexity index is 220. The highest BCUT2D eigenvalue weighted by molar-refractivity contribution is 4.84. The van der Waals surface area contributed by atoms with Crippen LogP contribution in [-0.4, -0.2) is 0 Å². The van der Waals surface area contributed by atoms with Gasteiger partial charge < -0.3 is 0 Å². The van der Waals surface area contributed by atoms with E-state index in [0.29, 0.717) is 0 Å². The molecule has 0 aromatic heterocycles. The van der Waals surface area contributed by atoms with Gasteiger partial charge in [0.15, 0.2) is 0 Å². The van der Waals surface area contributed by atoms with Gasteiger partial charge in [0.25, 0.3) is 0 Å². The Morgan fingerprint density at radius 2 is 1.10 bits per heavy atom. The quantitative estimate of drug-likeness (QED) is 0.216. The number of allylic oxidation sites excluding steroid dienone is 1. The van der Waals surface area contributed by atoms with Crippen molar-refractivity contribution in [2.45, 2.75) is 103 Å². The van der Waals surface area contributed by atoms with E-state index in [1.165, 1.54) is 83.5 Å². The van der Waals surface area contributed by atoms with Crippen molar-refractivity contribution < 1.29 is 0 Å². The minimum atomic E-state index is 1.04. The number of hydrogen-bond acceptors (Lipinski definition) is 0. The van der Waals surface area contributed by atoms with E-state index >= 15 is 0 Å². The van der Waals surface area contributed by atoms with Crippen molar-refractivity contribution in [3.05, 3.63) is 24.8 Å². The summed E-state index contributed by atoms with van der Waals surface area (Å²) in [5.74, 6) is 0. The molecule has 1 radical (unpaired) electrons. The van der Waals surface area contributed by atoms with Crippen LogP contribution in [0.15, 0.2) is 17.9 Å². The van der Waals surface area contributed by atoms with Gasteiger partial charge in [-0.1, -0.05) is 84.5 Å². The predicted octanol–water partition coefficient (Wildman–Crippen LogP) is 7.40. The highest BCUT2D eigenvalue weighted by Crippen LogP contribution is 2.11. The van der Waals surface area contributed by atoms with Crippen LogP contribution >= 0.6 is 0 Å². The fraction of sp³-hybridized carbons (Fsp3) is 0.800. The zero-order chi connectivity index (χ0) is 14.7. The minimum absolute atomic E-state index is 1.04. The predicted molar refractivity (Wildman–Crippen MR) is 92.9 cm³/mol. The maximum atomic E-state index is 3.84. The third kappa shape index (κ3) is 17.5. The zero-order valence-electron chi connectivity index (χ0n) is 14.0. The summed E-state index contributed by atoms with van der Waals surface area (Å²) in [5.41, 5.74) is 3.28. The molecule has 0 nitrogen and oxygen atoms in total. The number of unbranched alkanes of at least 4 members (excludes halogenated alkanes) is 13. The second kappa shape index (κ2) is 18.5. The fourth-order valence-corrected chi connectivity index (χ4v) is 2.41. The Morgan fingerprint density at radius 3 is 1.60 bits per heavy atom. The van der Waals surface area contributed by atoms with Gasteiger partial charge in [0.2, 0.25) is 0 Å². The lowest BCUT2D eigenvalue weighted by atomic mass is 10.1. The normalized spacial score (nSPS) is 10.3. The average molecular weight is 278 g/mol. The molecule has 0 aliphatic carbocycles. The van der Waals surface area contributed by atoms with Crippen LogP contribution in [0.4, 0.5) is 0 Å². The van der Waals surface area contributed by atoms with Crippen LogP contribution in [0, 0.1) is 6.92 Å². The molecule has 0 unspecified atom stereocenters. The third-order valence-corrected chi connectivity index (χ3v) is 3.79. The molecule has 0 aliphatic rings. The van der Waals surface area contributed by atoms with E-state index in [1.807, 2.05) is 0 Å². The van der Waals surface area contributed by atoms with Crippen LogP contribution in [0.1, 0.15) is 103 Å². The Labute approximate surface area is 128 Å². The fourth-order valence-electron chi connectivity index (χ4n) is 2.41. The molecular formula is C20H37. The van der Waals surface area contributed by atoms with Crippen molar-refractivity contribution in [2.24, 2.45) is 0 Å². The van der Waals surface area contributed by atoms with E-state index < -0.39 is 0 Å². The van der Waals surface area contributed by atoms with Gasteiger partial charge in [0, 0.05) is 0 Å². The van der Waals surface area contributed by atoms with Crippen molar-refractivity contribution in [2.75, 3.05) is 0 Å². The van der Waals surface area contributed by atoms with Gasteiger partial charge in [-0.3, -0.25) is 0 Å². The maximum absolute atomic E-state index is 3.84. The molecule has 0 amide bonds. The molecule has 0 saturated heterocycles. The molecule has 0 heterocycles.